The van der Waals surface area contributed by atoms with Crippen LogP contribution in [0.4, 0.5) is 0 Å². The number of nitrogens with one attached hydrogen (secondary N) is 1. The van der Waals surface area contributed by atoms with E-state index in [0.29, 0.717) is 6.42 Å². The van der Waals surface area contributed by atoms with Gasteiger partial charge in [0.1, 0.15) is 17.4 Å². The summed E-state index contributed by atoms with van der Waals surface area (Å²) in [6.07, 6.45) is 1.46. The van der Waals surface area contributed by atoms with E-state index in [-0.39, 0.29) is 5.60 Å². The average molecular weight is 305 g/mol. The molecule has 0 unspecified atom stereocenters. The maximum Gasteiger partial charge on any atom is 0.328 e. The Balaban J connectivity index is 2.78. The van der Waals surface area contributed by atoms with Crippen molar-refractivity contribution in [3.8, 4) is 5.75 Å². The molecule has 1 rings (SSSR count). The molecule has 0 aromatic heterocycles. The fraction of sp³-hybridized carbons (Fsp3) is 0.412. The van der Waals surface area contributed by atoms with Crippen molar-refractivity contribution in [3.63, 3.8) is 0 Å². The average Bonchev–Trinajstić information content (AvgIpc) is 2.46. The minimum absolute atomic E-state index is 0.270. The Bertz CT molecular complexity index is 529. The third kappa shape index (κ3) is 5.99. The molecular weight excluding hydrogens is 282 g/mol. The summed E-state index contributed by atoms with van der Waals surface area (Å²) in [6.45, 7) is 9.28. The van der Waals surface area contributed by atoms with Crippen molar-refractivity contribution in [1.82, 2.24) is 5.32 Å². The third-order valence-electron chi connectivity index (χ3n) is 2.77. The molecule has 0 radical (unpaired) electrons. The summed E-state index contributed by atoms with van der Waals surface area (Å²) in [5.74, 6) is -0.158. The molecule has 0 heterocycles. The van der Waals surface area contributed by atoms with Gasteiger partial charge in [-0.1, -0.05) is 18.7 Å². The van der Waals surface area contributed by atoms with E-state index in [9.17, 15) is 9.59 Å². The summed E-state index contributed by atoms with van der Waals surface area (Å²) in [7, 11) is 1.29. The van der Waals surface area contributed by atoms with Gasteiger partial charge in [0, 0.05) is 6.42 Å². The number of carbonyl (C=O) groups excluding carboxylic acids is 2. The number of methoxy groups -OCH3 is 1. The van der Waals surface area contributed by atoms with Gasteiger partial charge in [0.05, 0.1) is 7.11 Å². The van der Waals surface area contributed by atoms with Gasteiger partial charge in [0.25, 0.3) is 0 Å². The lowest BCUT2D eigenvalue weighted by Crippen LogP contribution is -2.42. The van der Waals surface area contributed by atoms with Crippen LogP contribution in [0.3, 0.4) is 0 Å². The molecule has 0 fully saturated rings. The molecule has 120 valence electrons. The van der Waals surface area contributed by atoms with Crippen molar-refractivity contribution in [2.45, 2.75) is 38.8 Å². The Morgan fingerprint density at radius 3 is 2.32 bits per heavy atom. The van der Waals surface area contributed by atoms with Crippen LogP contribution in [0, 0.1) is 0 Å². The van der Waals surface area contributed by atoms with Crippen LogP contribution in [0.25, 0.3) is 0 Å². The molecule has 0 saturated carbocycles. The van der Waals surface area contributed by atoms with E-state index in [2.05, 4.69) is 11.9 Å². The van der Waals surface area contributed by atoms with E-state index in [0.717, 1.165) is 17.4 Å². The second-order valence-electron chi connectivity index (χ2n) is 5.85. The Morgan fingerprint density at radius 2 is 1.86 bits per heavy atom. The van der Waals surface area contributed by atoms with E-state index in [1.54, 1.807) is 0 Å². The van der Waals surface area contributed by atoms with Gasteiger partial charge in [-0.25, -0.2) is 4.79 Å². The van der Waals surface area contributed by atoms with Crippen LogP contribution < -0.4 is 10.1 Å². The lowest BCUT2D eigenvalue weighted by atomic mass is 10.1. The highest BCUT2D eigenvalue weighted by atomic mass is 16.5. The van der Waals surface area contributed by atoms with E-state index < -0.39 is 17.9 Å². The van der Waals surface area contributed by atoms with E-state index >= 15 is 0 Å². The Kier molecular flexibility index (Phi) is 6.16. The predicted octanol–water partition coefficient (Wildman–Crippen LogP) is 2.25. The molecule has 0 spiro atoms. The lowest BCUT2D eigenvalue weighted by molar-refractivity contribution is -0.144. The van der Waals surface area contributed by atoms with Crippen molar-refractivity contribution in [2.24, 2.45) is 0 Å². The van der Waals surface area contributed by atoms with E-state index in [1.807, 2.05) is 45.0 Å². The topological polar surface area (TPSA) is 64.6 Å². The Morgan fingerprint density at radius 1 is 1.27 bits per heavy atom. The molecule has 5 nitrogen and oxygen atoms in total. The summed E-state index contributed by atoms with van der Waals surface area (Å²) in [4.78, 5) is 23.1. The summed E-state index contributed by atoms with van der Waals surface area (Å²) < 4.78 is 10.4. The van der Waals surface area contributed by atoms with Crippen LogP contribution >= 0.6 is 0 Å². The molecule has 1 N–H and O–H groups in total. The van der Waals surface area contributed by atoms with Crippen molar-refractivity contribution in [1.29, 1.82) is 0 Å². The van der Waals surface area contributed by atoms with Gasteiger partial charge in [-0.2, -0.15) is 0 Å². The van der Waals surface area contributed by atoms with E-state index in [4.69, 9.17) is 9.47 Å². The number of hydrogen-bond acceptors (Lipinski definition) is 4. The van der Waals surface area contributed by atoms with Crippen molar-refractivity contribution in [3.05, 3.63) is 42.5 Å². The molecule has 0 aliphatic heterocycles. The molecule has 0 aliphatic rings. The number of amides is 1. The summed E-state index contributed by atoms with van der Waals surface area (Å²) in [5, 5.41) is 2.56. The zero-order chi connectivity index (χ0) is 16.8. The van der Waals surface area contributed by atoms with Gasteiger partial charge in [0.15, 0.2) is 0 Å². The fourth-order valence-electron chi connectivity index (χ4n) is 1.85. The molecule has 1 aromatic rings. The molecule has 0 saturated heterocycles. The van der Waals surface area contributed by atoms with Gasteiger partial charge < -0.3 is 14.8 Å². The number of ether oxygens (including phenoxy) is 2. The van der Waals surface area contributed by atoms with Crippen LogP contribution in [-0.4, -0.2) is 30.6 Å². The summed E-state index contributed by atoms with van der Waals surface area (Å²) in [6, 6.07) is 6.65. The highest BCUT2D eigenvalue weighted by molar-refractivity contribution is 5.91. The molecule has 1 atom stereocenters. The predicted molar refractivity (Wildman–Crippen MR) is 84.7 cm³/mol. The van der Waals surface area contributed by atoms with Crippen molar-refractivity contribution < 1.29 is 19.1 Å². The Labute approximate surface area is 131 Å². The minimum Gasteiger partial charge on any atom is -0.488 e. The number of hydrogen-bond donors (Lipinski definition) is 1. The zero-order valence-corrected chi connectivity index (χ0v) is 13.5. The van der Waals surface area contributed by atoms with Crippen LogP contribution in [0.2, 0.25) is 0 Å². The van der Waals surface area contributed by atoms with Crippen LogP contribution in [0.5, 0.6) is 5.75 Å². The summed E-state index contributed by atoms with van der Waals surface area (Å²) in [5.41, 5.74) is 0.620. The van der Waals surface area contributed by atoms with Gasteiger partial charge in [0.2, 0.25) is 5.91 Å². The quantitative estimate of drug-likeness (QED) is 0.647. The van der Waals surface area contributed by atoms with Gasteiger partial charge >= 0.3 is 5.97 Å². The summed E-state index contributed by atoms with van der Waals surface area (Å²) >= 11 is 0. The molecule has 5 heteroatoms. The number of benzene rings is 1. The first kappa shape index (κ1) is 17.8. The highest BCUT2D eigenvalue weighted by Crippen LogP contribution is 2.19. The van der Waals surface area contributed by atoms with E-state index in [1.165, 1.54) is 7.11 Å². The van der Waals surface area contributed by atoms with Crippen LogP contribution in [0.15, 0.2) is 36.9 Å². The highest BCUT2D eigenvalue weighted by Gasteiger charge is 2.21. The van der Waals surface area contributed by atoms with Crippen molar-refractivity contribution >= 4 is 11.9 Å². The minimum atomic E-state index is -0.745. The second-order valence-corrected chi connectivity index (χ2v) is 5.85. The smallest absolute Gasteiger partial charge is 0.328 e. The lowest BCUT2D eigenvalue weighted by Gasteiger charge is -2.21. The first-order chi connectivity index (χ1) is 10.2. The zero-order valence-electron chi connectivity index (χ0n) is 13.5. The monoisotopic (exact) mass is 305 g/mol. The standard InChI is InChI=1S/C17H23NO4/c1-6-15(19)18-14(16(20)21-5)11-12-7-9-13(10-8-12)22-17(2,3)4/h6-10,14H,1,11H2,2-5H3,(H,18,19)/t14-/m0/s1. The van der Waals surface area contributed by atoms with Crippen LogP contribution in [0.1, 0.15) is 26.3 Å². The first-order valence-electron chi connectivity index (χ1n) is 7.04. The maximum atomic E-state index is 11.7. The van der Waals surface area contributed by atoms with Gasteiger partial charge in [-0.15, -0.1) is 0 Å². The molecular formula is C17H23NO4. The molecule has 0 bridgehead atoms. The molecule has 0 aliphatic carbocycles. The largest absolute Gasteiger partial charge is 0.488 e. The third-order valence-corrected chi connectivity index (χ3v) is 2.77. The molecule has 22 heavy (non-hydrogen) atoms. The van der Waals surface area contributed by atoms with Crippen molar-refractivity contribution in [2.75, 3.05) is 7.11 Å². The fourth-order valence-corrected chi connectivity index (χ4v) is 1.85. The van der Waals surface area contributed by atoms with Gasteiger partial charge in [-0.3, -0.25) is 4.79 Å². The number of rotatable bonds is 6. The molecule has 1 aromatic carbocycles. The normalized spacial score (nSPS) is 12.2. The maximum absolute atomic E-state index is 11.7. The van der Waals surface area contributed by atoms with Crippen LogP contribution in [-0.2, 0) is 20.7 Å². The Hall–Kier alpha value is -2.30. The SMILES string of the molecule is C=CC(=O)N[C@@H](Cc1ccc(OC(C)(C)C)cc1)C(=O)OC. The number of carbonyl (C=O) groups is 2. The first-order valence-corrected chi connectivity index (χ1v) is 7.04. The molecule has 1 amide bonds. The van der Waals surface area contributed by atoms with Gasteiger partial charge in [-0.05, 0) is 44.5 Å². The number of esters is 1. The second kappa shape index (κ2) is 7.64.